The molecule has 0 amide bonds. The predicted molar refractivity (Wildman–Crippen MR) is 89.2 cm³/mol. The first-order chi connectivity index (χ1) is 11.0. The molecule has 122 valence electrons. The Balaban J connectivity index is 1.76. The van der Waals surface area contributed by atoms with Crippen molar-refractivity contribution in [3.8, 4) is 5.75 Å². The van der Waals surface area contributed by atoms with Crippen LogP contribution in [0.25, 0.3) is 0 Å². The average molecular weight is 317 g/mol. The van der Waals surface area contributed by atoms with E-state index < -0.39 is 6.10 Å². The maximum atomic E-state index is 12.8. The highest BCUT2D eigenvalue weighted by Gasteiger charge is 2.05. The third-order valence-corrected chi connectivity index (χ3v) is 3.05. The molecule has 0 bridgehead atoms. The van der Waals surface area contributed by atoms with Crippen molar-refractivity contribution in [3.63, 3.8) is 0 Å². The lowest BCUT2D eigenvalue weighted by Gasteiger charge is -2.11. The zero-order valence-electron chi connectivity index (χ0n) is 12.9. The molecule has 0 radical (unpaired) electrons. The molecule has 0 fully saturated rings. The Hall–Kier alpha value is -2.60. The van der Waals surface area contributed by atoms with Crippen LogP contribution in [0, 0.1) is 12.7 Å². The van der Waals surface area contributed by atoms with Crippen molar-refractivity contribution in [1.29, 1.82) is 0 Å². The summed E-state index contributed by atoms with van der Waals surface area (Å²) in [5, 5.41) is 12.8. The van der Waals surface area contributed by atoms with Crippen LogP contribution in [-0.2, 0) is 0 Å². The Morgan fingerprint density at radius 2 is 1.87 bits per heavy atom. The van der Waals surface area contributed by atoms with Gasteiger partial charge in [-0.05, 0) is 43.3 Å². The van der Waals surface area contributed by atoms with Crippen LogP contribution in [0.2, 0.25) is 0 Å². The number of aliphatic hydroxyl groups excluding tert-OH is 1. The van der Waals surface area contributed by atoms with E-state index in [1.54, 1.807) is 0 Å². The SMILES string of the molecule is Cc1ccc(NC(N)=NCC(O)COc2ccc(F)cc2)cc1. The molecule has 2 aromatic carbocycles. The fraction of sp³-hybridized carbons (Fsp3) is 0.235. The van der Waals surface area contributed by atoms with Crippen molar-refractivity contribution in [2.75, 3.05) is 18.5 Å². The van der Waals surface area contributed by atoms with E-state index in [4.69, 9.17) is 10.5 Å². The Kier molecular flexibility index (Phi) is 5.94. The largest absolute Gasteiger partial charge is 0.491 e. The van der Waals surface area contributed by atoms with Gasteiger partial charge in [-0.2, -0.15) is 0 Å². The number of nitrogens with zero attached hydrogens (tertiary/aromatic N) is 1. The summed E-state index contributed by atoms with van der Waals surface area (Å²) in [7, 11) is 0. The van der Waals surface area contributed by atoms with E-state index >= 15 is 0 Å². The lowest BCUT2D eigenvalue weighted by molar-refractivity contribution is 0.114. The number of hydrogen-bond donors (Lipinski definition) is 3. The van der Waals surface area contributed by atoms with Gasteiger partial charge < -0.3 is 20.9 Å². The molecule has 0 saturated carbocycles. The van der Waals surface area contributed by atoms with Gasteiger partial charge in [0.25, 0.3) is 0 Å². The van der Waals surface area contributed by atoms with Crippen LogP contribution in [0.3, 0.4) is 0 Å². The second-order valence-corrected chi connectivity index (χ2v) is 5.14. The molecule has 1 unspecified atom stereocenters. The van der Waals surface area contributed by atoms with Gasteiger partial charge in [-0.25, -0.2) is 4.39 Å². The summed E-state index contributed by atoms with van der Waals surface area (Å²) >= 11 is 0. The number of nitrogens with one attached hydrogen (secondary N) is 1. The van der Waals surface area contributed by atoms with Crippen LogP contribution in [0.5, 0.6) is 5.75 Å². The summed E-state index contributed by atoms with van der Waals surface area (Å²) in [5.41, 5.74) is 7.74. The second-order valence-electron chi connectivity index (χ2n) is 5.14. The Bertz CT molecular complexity index is 642. The number of benzene rings is 2. The van der Waals surface area contributed by atoms with Crippen molar-refractivity contribution >= 4 is 11.6 Å². The predicted octanol–water partition coefficient (Wildman–Crippen LogP) is 2.30. The number of aliphatic imine (C=N–C) groups is 1. The van der Waals surface area contributed by atoms with Crippen molar-refractivity contribution < 1.29 is 14.2 Å². The second kappa shape index (κ2) is 8.14. The van der Waals surface area contributed by atoms with Gasteiger partial charge in [-0.1, -0.05) is 17.7 Å². The van der Waals surface area contributed by atoms with Gasteiger partial charge >= 0.3 is 0 Å². The number of aliphatic hydroxyl groups is 1. The summed E-state index contributed by atoms with van der Waals surface area (Å²) in [6.07, 6.45) is -0.807. The fourth-order valence-corrected chi connectivity index (χ4v) is 1.80. The first-order valence-corrected chi connectivity index (χ1v) is 7.23. The van der Waals surface area contributed by atoms with Crippen LogP contribution in [-0.4, -0.2) is 30.3 Å². The number of rotatable bonds is 6. The van der Waals surface area contributed by atoms with Crippen molar-refractivity contribution in [2.24, 2.45) is 10.7 Å². The van der Waals surface area contributed by atoms with Gasteiger partial charge in [0, 0.05) is 5.69 Å². The summed E-state index contributed by atoms with van der Waals surface area (Å²) in [6, 6.07) is 13.3. The number of anilines is 1. The summed E-state index contributed by atoms with van der Waals surface area (Å²) in [5.74, 6) is 0.368. The third-order valence-electron chi connectivity index (χ3n) is 3.05. The normalized spacial score (nSPS) is 12.7. The van der Waals surface area contributed by atoms with E-state index in [1.165, 1.54) is 24.3 Å². The topological polar surface area (TPSA) is 79.9 Å². The number of nitrogens with two attached hydrogens (primary N) is 1. The van der Waals surface area contributed by atoms with Crippen molar-refractivity contribution in [1.82, 2.24) is 0 Å². The molecule has 0 aliphatic carbocycles. The zero-order valence-corrected chi connectivity index (χ0v) is 12.9. The van der Waals surface area contributed by atoms with Crippen molar-refractivity contribution in [3.05, 3.63) is 59.9 Å². The molecular formula is C17H20FN3O2. The standard InChI is InChI=1S/C17H20FN3O2/c1-12-2-6-14(7-3-12)21-17(19)20-10-15(22)11-23-16-8-4-13(18)5-9-16/h2-9,15,22H,10-11H2,1H3,(H3,19,20,21). The maximum Gasteiger partial charge on any atom is 0.193 e. The van der Waals surface area contributed by atoms with E-state index in [0.717, 1.165) is 11.3 Å². The maximum absolute atomic E-state index is 12.8. The van der Waals surface area contributed by atoms with Crippen LogP contribution < -0.4 is 15.8 Å². The number of ether oxygens (including phenoxy) is 1. The van der Waals surface area contributed by atoms with Crippen LogP contribution >= 0.6 is 0 Å². The molecule has 0 aliphatic rings. The van der Waals surface area contributed by atoms with Crippen LogP contribution in [0.15, 0.2) is 53.5 Å². The highest BCUT2D eigenvalue weighted by atomic mass is 19.1. The quantitative estimate of drug-likeness (QED) is 0.564. The molecule has 0 heterocycles. The van der Waals surface area contributed by atoms with Gasteiger partial charge in [0.15, 0.2) is 5.96 Å². The minimum atomic E-state index is -0.807. The lowest BCUT2D eigenvalue weighted by Crippen LogP contribution is -2.27. The summed E-state index contributed by atoms with van der Waals surface area (Å²) in [6.45, 7) is 2.15. The minimum absolute atomic E-state index is 0.0486. The zero-order chi connectivity index (χ0) is 16.7. The number of hydrogen-bond acceptors (Lipinski definition) is 3. The van der Waals surface area contributed by atoms with Gasteiger partial charge in [0.1, 0.15) is 24.3 Å². The molecule has 2 aromatic rings. The Morgan fingerprint density at radius 1 is 1.22 bits per heavy atom. The molecule has 0 spiro atoms. The molecule has 23 heavy (non-hydrogen) atoms. The van der Waals surface area contributed by atoms with Crippen LogP contribution in [0.4, 0.5) is 10.1 Å². The van der Waals surface area contributed by atoms with Crippen LogP contribution in [0.1, 0.15) is 5.56 Å². The smallest absolute Gasteiger partial charge is 0.193 e. The van der Waals surface area contributed by atoms with E-state index in [-0.39, 0.29) is 24.9 Å². The molecule has 1 atom stereocenters. The van der Waals surface area contributed by atoms with E-state index in [1.807, 2.05) is 31.2 Å². The lowest BCUT2D eigenvalue weighted by atomic mass is 10.2. The molecule has 2 rings (SSSR count). The monoisotopic (exact) mass is 317 g/mol. The summed E-state index contributed by atoms with van der Waals surface area (Å²) in [4.78, 5) is 4.06. The minimum Gasteiger partial charge on any atom is -0.491 e. The van der Waals surface area contributed by atoms with E-state index in [2.05, 4.69) is 10.3 Å². The van der Waals surface area contributed by atoms with Gasteiger partial charge in [0.05, 0.1) is 6.54 Å². The van der Waals surface area contributed by atoms with E-state index in [9.17, 15) is 9.50 Å². The molecule has 0 aromatic heterocycles. The summed E-state index contributed by atoms with van der Waals surface area (Å²) < 4.78 is 18.1. The van der Waals surface area contributed by atoms with Gasteiger partial charge in [-0.3, -0.25) is 4.99 Å². The van der Waals surface area contributed by atoms with Crippen molar-refractivity contribution in [2.45, 2.75) is 13.0 Å². The van der Waals surface area contributed by atoms with Gasteiger partial charge in [0.2, 0.25) is 0 Å². The highest BCUT2D eigenvalue weighted by Crippen LogP contribution is 2.11. The molecule has 6 heteroatoms. The Labute approximate surface area is 134 Å². The molecule has 0 aliphatic heterocycles. The Morgan fingerprint density at radius 3 is 2.52 bits per heavy atom. The number of guanidine groups is 1. The molecular weight excluding hydrogens is 297 g/mol. The number of halogens is 1. The first-order valence-electron chi connectivity index (χ1n) is 7.23. The average Bonchev–Trinajstić information content (AvgIpc) is 2.54. The molecule has 4 N–H and O–H groups in total. The van der Waals surface area contributed by atoms with E-state index in [0.29, 0.717) is 5.75 Å². The molecule has 5 nitrogen and oxygen atoms in total. The first kappa shape index (κ1) is 16.8. The van der Waals surface area contributed by atoms with Gasteiger partial charge in [-0.15, -0.1) is 0 Å². The molecule has 0 saturated heterocycles. The third kappa shape index (κ3) is 5.96. The fourth-order valence-electron chi connectivity index (χ4n) is 1.80. The highest BCUT2D eigenvalue weighted by molar-refractivity contribution is 5.92. The number of aryl methyl sites for hydroxylation is 1.